The zero-order chi connectivity index (χ0) is 19.7. The number of hydrogen-bond acceptors (Lipinski definition) is 4. The Labute approximate surface area is 156 Å². The molecule has 0 unspecified atom stereocenters. The lowest BCUT2D eigenvalue weighted by molar-refractivity contribution is 0.410. The summed E-state index contributed by atoms with van der Waals surface area (Å²) in [7, 11) is 0. The first-order valence-electron chi connectivity index (χ1n) is 8.12. The average Bonchev–Trinajstić information content (AvgIpc) is 2.74. The highest BCUT2D eigenvalue weighted by molar-refractivity contribution is 5.66. The van der Waals surface area contributed by atoms with E-state index >= 15 is 0 Å². The first-order valence-corrected chi connectivity index (χ1v) is 8.12. The molecule has 138 valence electrons. The van der Waals surface area contributed by atoms with E-state index in [1.54, 1.807) is 60.7 Å². The SMILES string of the molecule is Fc1nc(F)c(F)c(-c2nc(-c3ccccc3)nc(-c3ccccc3)n2)c1F. The monoisotopic (exact) mass is 382 g/mol. The first-order chi connectivity index (χ1) is 13.5. The van der Waals surface area contributed by atoms with E-state index in [1.807, 2.05) is 0 Å². The molecule has 0 aliphatic rings. The summed E-state index contributed by atoms with van der Waals surface area (Å²) in [5, 5.41) is 0. The Hall–Kier alpha value is -3.68. The molecule has 0 bridgehead atoms. The van der Waals surface area contributed by atoms with Crippen LogP contribution in [0.1, 0.15) is 0 Å². The van der Waals surface area contributed by atoms with E-state index in [0.29, 0.717) is 11.1 Å². The predicted molar refractivity (Wildman–Crippen MR) is 93.8 cm³/mol. The first kappa shape index (κ1) is 17.7. The smallest absolute Gasteiger partial charge is 0.208 e. The number of hydrogen-bond donors (Lipinski definition) is 0. The highest BCUT2D eigenvalue weighted by Gasteiger charge is 2.25. The Bertz CT molecular complexity index is 1070. The molecule has 0 atom stereocenters. The van der Waals surface area contributed by atoms with Gasteiger partial charge in [-0.1, -0.05) is 60.7 Å². The molecular formula is C20H10F4N4. The molecule has 0 N–H and O–H groups in total. The van der Waals surface area contributed by atoms with Crippen LogP contribution in [0.15, 0.2) is 60.7 Å². The van der Waals surface area contributed by atoms with Crippen LogP contribution in [-0.2, 0) is 0 Å². The van der Waals surface area contributed by atoms with E-state index in [2.05, 4.69) is 19.9 Å². The van der Waals surface area contributed by atoms with Crippen LogP contribution in [0.5, 0.6) is 0 Å². The predicted octanol–water partition coefficient (Wildman–Crippen LogP) is 4.82. The third-order valence-electron chi connectivity index (χ3n) is 3.92. The minimum atomic E-state index is -1.78. The summed E-state index contributed by atoms with van der Waals surface area (Å²) in [6.07, 6.45) is 0. The van der Waals surface area contributed by atoms with Crippen LogP contribution in [0.4, 0.5) is 17.6 Å². The zero-order valence-electron chi connectivity index (χ0n) is 14.1. The standard InChI is InChI=1S/C20H10F4N4/c21-14-13(15(22)17(24)25-16(14)23)20-27-18(11-7-3-1-4-8-11)26-19(28-20)12-9-5-2-6-10-12/h1-10H. The van der Waals surface area contributed by atoms with Gasteiger partial charge in [0.1, 0.15) is 5.56 Å². The van der Waals surface area contributed by atoms with Gasteiger partial charge in [0.25, 0.3) is 11.9 Å². The zero-order valence-corrected chi connectivity index (χ0v) is 14.1. The fraction of sp³-hybridized carbons (Fsp3) is 0. The molecule has 0 aliphatic heterocycles. The number of aromatic nitrogens is 4. The second-order valence-electron chi connectivity index (χ2n) is 5.73. The maximum absolute atomic E-state index is 14.3. The van der Waals surface area contributed by atoms with Crippen molar-refractivity contribution in [1.29, 1.82) is 0 Å². The molecule has 0 fully saturated rings. The molecule has 4 rings (SSSR count). The Morgan fingerprint density at radius 2 is 0.857 bits per heavy atom. The van der Waals surface area contributed by atoms with Crippen LogP contribution in [0.3, 0.4) is 0 Å². The molecule has 0 saturated carbocycles. The number of rotatable bonds is 3. The van der Waals surface area contributed by atoms with Crippen molar-refractivity contribution >= 4 is 0 Å². The molecule has 4 nitrogen and oxygen atoms in total. The lowest BCUT2D eigenvalue weighted by atomic mass is 10.1. The molecule has 0 aliphatic carbocycles. The highest BCUT2D eigenvalue weighted by Crippen LogP contribution is 2.29. The Morgan fingerprint density at radius 3 is 1.29 bits per heavy atom. The van der Waals surface area contributed by atoms with Crippen LogP contribution < -0.4 is 0 Å². The molecular weight excluding hydrogens is 372 g/mol. The largest absolute Gasteiger partial charge is 0.252 e. The van der Waals surface area contributed by atoms with Crippen molar-refractivity contribution < 1.29 is 17.6 Å². The summed E-state index contributed by atoms with van der Waals surface area (Å²) >= 11 is 0. The van der Waals surface area contributed by atoms with E-state index in [-0.39, 0.29) is 11.6 Å². The average molecular weight is 382 g/mol. The van der Waals surface area contributed by atoms with Crippen molar-refractivity contribution in [2.45, 2.75) is 0 Å². The molecule has 2 aromatic heterocycles. The second-order valence-corrected chi connectivity index (χ2v) is 5.73. The van der Waals surface area contributed by atoms with E-state index in [0.717, 1.165) is 0 Å². The summed E-state index contributed by atoms with van der Waals surface area (Å²) in [5.74, 6) is -7.26. The normalized spacial score (nSPS) is 10.9. The van der Waals surface area contributed by atoms with E-state index in [9.17, 15) is 17.6 Å². The minimum Gasteiger partial charge on any atom is -0.208 e. The minimum absolute atomic E-state index is 0.0980. The van der Waals surface area contributed by atoms with Crippen molar-refractivity contribution in [2.24, 2.45) is 0 Å². The molecule has 2 heterocycles. The lowest BCUT2D eigenvalue weighted by Gasteiger charge is -2.09. The van der Waals surface area contributed by atoms with Crippen LogP contribution in [0.25, 0.3) is 34.2 Å². The van der Waals surface area contributed by atoms with E-state index in [1.165, 1.54) is 0 Å². The number of halogens is 4. The van der Waals surface area contributed by atoms with Crippen LogP contribution in [0.2, 0.25) is 0 Å². The van der Waals surface area contributed by atoms with Gasteiger partial charge in [0.05, 0.1) is 0 Å². The third kappa shape index (κ3) is 3.20. The van der Waals surface area contributed by atoms with Gasteiger partial charge in [-0.25, -0.2) is 23.7 Å². The fourth-order valence-electron chi connectivity index (χ4n) is 2.60. The number of pyridine rings is 1. The Balaban J connectivity index is 2.01. The molecule has 28 heavy (non-hydrogen) atoms. The van der Waals surface area contributed by atoms with Crippen molar-refractivity contribution in [2.75, 3.05) is 0 Å². The van der Waals surface area contributed by atoms with E-state index < -0.39 is 34.9 Å². The highest BCUT2D eigenvalue weighted by atomic mass is 19.2. The van der Waals surface area contributed by atoms with Crippen molar-refractivity contribution in [1.82, 2.24) is 19.9 Å². The van der Waals surface area contributed by atoms with Gasteiger partial charge >= 0.3 is 0 Å². The summed E-state index contributed by atoms with van der Waals surface area (Å²) in [6, 6.07) is 17.2. The molecule has 0 radical (unpaired) electrons. The van der Waals surface area contributed by atoms with Gasteiger partial charge in [0, 0.05) is 11.1 Å². The van der Waals surface area contributed by atoms with Gasteiger partial charge in [-0.3, -0.25) is 0 Å². The Kier molecular flexibility index (Phi) is 4.52. The number of benzene rings is 2. The van der Waals surface area contributed by atoms with Gasteiger partial charge in [0.2, 0.25) is 0 Å². The van der Waals surface area contributed by atoms with Gasteiger partial charge in [-0.05, 0) is 0 Å². The summed E-state index contributed by atoms with van der Waals surface area (Å²) < 4.78 is 55.7. The maximum atomic E-state index is 14.3. The summed E-state index contributed by atoms with van der Waals surface area (Å²) in [5.41, 5.74) is 0.0417. The van der Waals surface area contributed by atoms with Gasteiger partial charge < -0.3 is 0 Å². The summed E-state index contributed by atoms with van der Waals surface area (Å²) in [6.45, 7) is 0. The second kappa shape index (κ2) is 7.15. The molecule has 0 spiro atoms. The number of nitrogens with zero attached hydrogens (tertiary/aromatic N) is 4. The van der Waals surface area contributed by atoms with Gasteiger partial charge in [-0.2, -0.15) is 13.8 Å². The molecule has 0 amide bonds. The van der Waals surface area contributed by atoms with Crippen molar-refractivity contribution in [3.05, 3.63) is 84.2 Å². The maximum Gasteiger partial charge on any atom is 0.252 e. The lowest BCUT2D eigenvalue weighted by Crippen LogP contribution is -2.07. The van der Waals surface area contributed by atoms with Crippen molar-refractivity contribution in [3.8, 4) is 34.2 Å². The molecule has 2 aromatic carbocycles. The fourth-order valence-corrected chi connectivity index (χ4v) is 2.60. The van der Waals surface area contributed by atoms with Crippen LogP contribution >= 0.6 is 0 Å². The summed E-state index contributed by atoms with van der Waals surface area (Å²) in [4.78, 5) is 15.0. The molecule has 4 aromatic rings. The van der Waals surface area contributed by atoms with Gasteiger partial charge in [-0.15, -0.1) is 0 Å². The van der Waals surface area contributed by atoms with Crippen LogP contribution in [0, 0.1) is 23.5 Å². The van der Waals surface area contributed by atoms with Gasteiger partial charge in [0.15, 0.2) is 29.1 Å². The quantitative estimate of drug-likeness (QED) is 0.376. The molecule has 0 saturated heterocycles. The van der Waals surface area contributed by atoms with Crippen molar-refractivity contribution in [3.63, 3.8) is 0 Å². The van der Waals surface area contributed by atoms with Crippen LogP contribution in [-0.4, -0.2) is 19.9 Å². The van der Waals surface area contributed by atoms with E-state index in [4.69, 9.17) is 0 Å². The molecule has 8 heteroatoms. The Morgan fingerprint density at radius 1 is 0.464 bits per heavy atom. The topological polar surface area (TPSA) is 51.6 Å². The third-order valence-corrected chi connectivity index (χ3v) is 3.92.